The van der Waals surface area contributed by atoms with E-state index in [-0.39, 0.29) is 0 Å². The highest BCUT2D eigenvalue weighted by atomic mass is 35.5. The molecule has 0 unspecified atom stereocenters. The smallest absolute Gasteiger partial charge is 0.121 e. The van der Waals surface area contributed by atoms with Crippen LogP contribution in [-0.4, -0.2) is 4.57 Å². The Hall–Kier alpha value is -1.93. The maximum Gasteiger partial charge on any atom is 0.121 e. The Kier molecular flexibility index (Phi) is 3.66. The Balaban J connectivity index is 1.88. The molecular formula is C17H16ClNO. The van der Waals surface area contributed by atoms with Crippen LogP contribution in [0.25, 0.3) is 10.9 Å². The van der Waals surface area contributed by atoms with Gasteiger partial charge in [-0.25, -0.2) is 0 Å². The molecule has 3 heteroatoms. The molecular weight excluding hydrogens is 270 g/mol. The summed E-state index contributed by atoms with van der Waals surface area (Å²) in [6, 6.07) is 15.9. The van der Waals surface area contributed by atoms with Gasteiger partial charge in [-0.1, -0.05) is 35.9 Å². The monoisotopic (exact) mass is 285 g/mol. The molecule has 3 rings (SSSR count). The predicted molar refractivity (Wildman–Crippen MR) is 83.4 cm³/mol. The number of nitrogens with zero attached hydrogens (tertiary/aromatic N) is 1. The number of benzene rings is 2. The molecule has 0 saturated carbocycles. The molecule has 2 nitrogen and oxygen atoms in total. The lowest BCUT2D eigenvalue weighted by Crippen LogP contribution is -1.95. The van der Waals surface area contributed by atoms with Gasteiger partial charge < -0.3 is 9.30 Å². The van der Waals surface area contributed by atoms with Crippen molar-refractivity contribution in [3.8, 4) is 5.75 Å². The van der Waals surface area contributed by atoms with E-state index in [1.807, 2.05) is 24.3 Å². The Labute approximate surface area is 123 Å². The molecule has 0 radical (unpaired) electrons. The van der Waals surface area contributed by atoms with Gasteiger partial charge in [0.1, 0.15) is 12.4 Å². The Morgan fingerprint density at radius 1 is 1.10 bits per heavy atom. The number of aryl methyl sites for hydroxylation is 1. The molecule has 102 valence electrons. The molecule has 20 heavy (non-hydrogen) atoms. The lowest BCUT2D eigenvalue weighted by atomic mass is 10.2. The largest absolute Gasteiger partial charge is 0.489 e. The van der Waals surface area contributed by atoms with Gasteiger partial charge in [-0.05, 0) is 31.2 Å². The van der Waals surface area contributed by atoms with Gasteiger partial charge in [0.25, 0.3) is 0 Å². The van der Waals surface area contributed by atoms with Gasteiger partial charge in [0.05, 0.1) is 0 Å². The predicted octanol–water partition coefficient (Wildman–Crippen LogP) is 4.89. The lowest BCUT2D eigenvalue weighted by molar-refractivity contribution is 0.307. The number of rotatable bonds is 4. The van der Waals surface area contributed by atoms with Crippen molar-refractivity contribution in [2.24, 2.45) is 0 Å². The maximum absolute atomic E-state index is 5.96. The van der Waals surface area contributed by atoms with E-state index in [0.29, 0.717) is 11.6 Å². The molecule has 3 aromatic rings. The van der Waals surface area contributed by atoms with Crippen LogP contribution >= 0.6 is 11.6 Å². The topological polar surface area (TPSA) is 14.2 Å². The molecule has 0 atom stereocenters. The second-order valence-corrected chi connectivity index (χ2v) is 5.14. The second-order valence-electron chi connectivity index (χ2n) is 4.70. The molecule has 0 bridgehead atoms. The number of fused-ring (bicyclic) bond motifs is 1. The molecule has 0 N–H and O–H groups in total. The summed E-state index contributed by atoms with van der Waals surface area (Å²) in [5.74, 6) is 0.797. The summed E-state index contributed by atoms with van der Waals surface area (Å²) in [5.41, 5.74) is 2.45. The van der Waals surface area contributed by atoms with Gasteiger partial charge in [0, 0.05) is 34.2 Å². The number of hydrogen-bond donors (Lipinski definition) is 0. The molecule has 0 spiro atoms. The van der Waals surface area contributed by atoms with Crippen molar-refractivity contribution in [3.63, 3.8) is 0 Å². The molecule has 1 heterocycles. The minimum absolute atomic E-state index is 0.549. The van der Waals surface area contributed by atoms with Gasteiger partial charge in [0.2, 0.25) is 0 Å². The van der Waals surface area contributed by atoms with Gasteiger partial charge in [0.15, 0.2) is 0 Å². The summed E-state index contributed by atoms with van der Waals surface area (Å²) < 4.78 is 8.08. The van der Waals surface area contributed by atoms with Crippen LogP contribution in [0.2, 0.25) is 5.02 Å². The third-order valence-corrected chi connectivity index (χ3v) is 3.64. The van der Waals surface area contributed by atoms with E-state index in [1.165, 1.54) is 16.5 Å². The summed E-state index contributed by atoms with van der Waals surface area (Å²) in [7, 11) is 0. The highest BCUT2D eigenvalue weighted by Gasteiger charge is 2.07. The minimum Gasteiger partial charge on any atom is -0.489 e. The summed E-state index contributed by atoms with van der Waals surface area (Å²) in [6.07, 6.45) is 2.16. The summed E-state index contributed by atoms with van der Waals surface area (Å²) in [6.45, 7) is 3.65. The molecule has 1 aromatic heterocycles. The minimum atomic E-state index is 0.549. The highest BCUT2D eigenvalue weighted by Crippen LogP contribution is 2.24. The molecule has 0 aliphatic heterocycles. The molecule has 0 aliphatic carbocycles. The van der Waals surface area contributed by atoms with E-state index in [2.05, 4.69) is 42.0 Å². The quantitative estimate of drug-likeness (QED) is 0.665. The van der Waals surface area contributed by atoms with Crippen molar-refractivity contribution in [2.45, 2.75) is 20.1 Å². The first-order valence-corrected chi connectivity index (χ1v) is 7.11. The molecule has 0 saturated heterocycles. The van der Waals surface area contributed by atoms with Crippen molar-refractivity contribution in [2.75, 3.05) is 0 Å². The molecule has 0 aliphatic rings. The van der Waals surface area contributed by atoms with Crippen molar-refractivity contribution in [3.05, 3.63) is 65.3 Å². The first-order chi connectivity index (χ1) is 9.78. The van der Waals surface area contributed by atoms with Crippen LogP contribution in [-0.2, 0) is 13.2 Å². The Bertz CT molecular complexity index is 733. The first-order valence-electron chi connectivity index (χ1n) is 6.73. The fourth-order valence-corrected chi connectivity index (χ4v) is 2.60. The average Bonchev–Trinajstić information content (AvgIpc) is 2.83. The standard InChI is InChI=1S/C17H16ClNO/c1-2-19-11-13(16-8-3-4-9-17(16)19)12-20-15-7-5-6-14(18)10-15/h3-11H,2,12H2,1H3. The SMILES string of the molecule is CCn1cc(COc2cccc(Cl)c2)c2ccccc21. The first kappa shape index (κ1) is 13.1. The van der Waals surface area contributed by atoms with Crippen LogP contribution in [0.1, 0.15) is 12.5 Å². The number of halogens is 1. The number of hydrogen-bond acceptors (Lipinski definition) is 1. The van der Waals surface area contributed by atoms with Gasteiger partial charge in [-0.2, -0.15) is 0 Å². The van der Waals surface area contributed by atoms with Crippen molar-refractivity contribution in [1.29, 1.82) is 0 Å². The van der Waals surface area contributed by atoms with Gasteiger partial charge in [-0.3, -0.25) is 0 Å². The zero-order valence-electron chi connectivity index (χ0n) is 11.3. The van der Waals surface area contributed by atoms with Crippen LogP contribution < -0.4 is 4.74 Å². The lowest BCUT2D eigenvalue weighted by Gasteiger charge is -2.05. The van der Waals surface area contributed by atoms with Crippen molar-refractivity contribution in [1.82, 2.24) is 4.57 Å². The van der Waals surface area contributed by atoms with E-state index in [0.717, 1.165) is 12.3 Å². The fraction of sp³-hybridized carbons (Fsp3) is 0.176. The normalized spacial score (nSPS) is 10.9. The summed E-state index contributed by atoms with van der Waals surface area (Å²) in [4.78, 5) is 0. The van der Waals surface area contributed by atoms with Gasteiger partial charge in [-0.15, -0.1) is 0 Å². The summed E-state index contributed by atoms with van der Waals surface area (Å²) >= 11 is 5.96. The van der Waals surface area contributed by atoms with Crippen LogP contribution in [0.4, 0.5) is 0 Å². The third kappa shape index (κ3) is 2.52. The maximum atomic E-state index is 5.96. The number of para-hydroxylation sites is 1. The number of aromatic nitrogens is 1. The van der Waals surface area contributed by atoms with Gasteiger partial charge >= 0.3 is 0 Å². The zero-order chi connectivity index (χ0) is 13.9. The van der Waals surface area contributed by atoms with E-state index < -0.39 is 0 Å². The van der Waals surface area contributed by atoms with E-state index in [1.54, 1.807) is 0 Å². The van der Waals surface area contributed by atoms with Crippen LogP contribution in [0, 0.1) is 0 Å². The molecule has 0 fully saturated rings. The van der Waals surface area contributed by atoms with Crippen LogP contribution in [0.3, 0.4) is 0 Å². The summed E-state index contributed by atoms with van der Waals surface area (Å²) in [5, 5.41) is 1.94. The second kappa shape index (κ2) is 5.59. The van der Waals surface area contributed by atoms with Crippen molar-refractivity contribution < 1.29 is 4.74 Å². The van der Waals surface area contributed by atoms with Crippen molar-refractivity contribution >= 4 is 22.5 Å². The fourth-order valence-electron chi connectivity index (χ4n) is 2.42. The van der Waals surface area contributed by atoms with Crippen LogP contribution in [0.15, 0.2) is 54.7 Å². The Morgan fingerprint density at radius 2 is 1.95 bits per heavy atom. The Morgan fingerprint density at radius 3 is 2.75 bits per heavy atom. The molecule has 0 amide bonds. The number of ether oxygens (including phenoxy) is 1. The highest BCUT2D eigenvalue weighted by molar-refractivity contribution is 6.30. The van der Waals surface area contributed by atoms with E-state index in [4.69, 9.17) is 16.3 Å². The molecule has 2 aromatic carbocycles. The van der Waals surface area contributed by atoms with Crippen LogP contribution in [0.5, 0.6) is 5.75 Å². The van der Waals surface area contributed by atoms with E-state index >= 15 is 0 Å². The van der Waals surface area contributed by atoms with E-state index in [9.17, 15) is 0 Å². The third-order valence-electron chi connectivity index (χ3n) is 3.40. The average molecular weight is 286 g/mol. The zero-order valence-corrected chi connectivity index (χ0v) is 12.1.